The summed E-state index contributed by atoms with van der Waals surface area (Å²) >= 11 is 2.10. The van der Waals surface area contributed by atoms with Gasteiger partial charge in [0.05, 0.1) is 11.0 Å². The van der Waals surface area contributed by atoms with Gasteiger partial charge in [0.15, 0.2) is 6.20 Å². The zero-order chi connectivity index (χ0) is 31.8. The molecule has 2 nitrogen and oxygen atoms in total. The fourth-order valence-corrected chi connectivity index (χ4v) is 9.48. The molecule has 45 heavy (non-hydrogen) atoms. The van der Waals surface area contributed by atoms with Crippen molar-refractivity contribution in [3.8, 4) is 5.69 Å². The Morgan fingerprint density at radius 2 is 1.64 bits per heavy atom. The number of thioether (sulfide) groups is 1. The quantitative estimate of drug-likeness (QED) is 0.180. The molecule has 3 heteroatoms. The number of nitrogens with zero attached hydrogens (tertiary/aromatic N) is 2. The van der Waals surface area contributed by atoms with Gasteiger partial charge < -0.3 is 4.57 Å². The summed E-state index contributed by atoms with van der Waals surface area (Å²) in [5.41, 5.74) is 15.5. The maximum absolute atomic E-state index is 2.59. The summed E-state index contributed by atoms with van der Waals surface area (Å²) in [5.74, 6) is 0.918. The van der Waals surface area contributed by atoms with Gasteiger partial charge in [-0.15, -0.1) is 11.8 Å². The normalized spacial score (nSPS) is 18.0. The van der Waals surface area contributed by atoms with Crippen LogP contribution in [0.15, 0.2) is 83.9 Å². The first kappa shape index (κ1) is 30.1. The molecular weight excluding hydrogens is 565 g/mol. The van der Waals surface area contributed by atoms with Crippen LogP contribution in [0.5, 0.6) is 0 Å². The number of rotatable bonds is 5. The number of fused-ring (bicyclic) bond motifs is 6. The first-order chi connectivity index (χ1) is 21.4. The minimum absolute atomic E-state index is 0.174. The van der Waals surface area contributed by atoms with E-state index in [9.17, 15) is 0 Å². The van der Waals surface area contributed by atoms with Gasteiger partial charge in [-0.1, -0.05) is 82.6 Å². The van der Waals surface area contributed by atoms with E-state index in [-0.39, 0.29) is 5.41 Å². The van der Waals surface area contributed by atoms with E-state index in [2.05, 4.69) is 162 Å². The van der Waals surface area contributed by atoms with Crippen LogP contribution < -0.4 is 0 Å². The third-order valence-corrected chi connectivity index (χ3v) is 11.3. The van der Waals surface area contributed by atoms with Crippen LogP contribution in [0.2, 0.25) is 0 Å². The maximum atomic E-state index is 2.59. The number of aryl methyl sites for hydroxylation is 2. The van der Waals surface area contributed by atoms with Crippen molar-refractivity contribution in [3.63, 3.8) is 0 Å². The highest BCUT2D eigenvalue weighted by Gasteiger charge is 2.44. The zero-order valence-electron chi connectivity index (χ0n) is 28.5. The second-order valence-corrected chi connectivity index (χ2v) is 16.3. The molecule has 5 aromatic rings. The number of hydrogen-bond acceptors (Lipinski definition) is 1. The van der Waals surface area contributed by atoms with E-state index in [1.165, 1.54) is 77.0 Å². The van der Waals surface area contributed by atoms with Crippen molar-refractivity contribution in [3.05, 3.63) is 118 Å². The predicted octanol–water partition coefficient (Wildman–Crippen LogP) is 10.7. The molecule has 4 aromatic carbocycles. The van der Waals surface area contributed by atoms with Gasteiger partial charge in [-0.3, -0.25) is 0 Å². The third kappa shape index (κ3) is 5.18. The standard InChI is InChI=1S/C42H47N2S/c1-25(2)19-29-13-12-15-33-32-14-10-11-16-37(32)44(38(29)33)31-22-30(24-42(6,7)8)40-36(23-31)34-17-18-43(9)39(41(34)45-40)35-21-26(3)20-27(4)28(35)5/h10-18,20-23,25,34,41H,19,24H2,1-9H3/q+1. The lowest BCUT2D eigenvalue weighted by atomic mass is 9.83. The van der Waals surface area contributed by atoms with E-state index in [4.69, 9.17) is 0 Å². The van der Waals surface area contributed by atoms with Gasteiger partial charge in [0, 0.05) is 32.8 Å². The van der Waals surface area contributed by atoms with Crippen LogP contribution in [0, 0.1) is 32.1 Å². The molecule has 0 fully saturated rings. The van der Waals surface area contributed by atoms with Gasteiger partial charge in [0.2, 0.25) is 5.71 Å². The zero-order valence-corrected chi connectivity index (χ0v) is 29.3. The van der Waals surface area contributed by atoms with Crippen LogP contribution in [0.25, 0.3) is 27.5 Å². The predicted molar refractivity (Wildman–Crippen MR) is 195 cm³/mol. The van der Waals surface area contributed by atoms with E-state index in [0.29, 0.717) is 17.1 Å². The van der Waals surface area contributed by atoms with Crippen molar-refractivity contribution in [2.24, 2.45) is 11.3 Å². The fraction of sp³-hybridized carbons (Fsp3) is 0.357. The summed E-state index contributed by atoms with van der Waals surface area (Å²) in [6.45, 7) is 18.6. The minimum Gasteiger partial charge on any atom is -0.309 e. The van der Waals surface area contributed by atoms with E-state index in [1.54, 1.807) is 0 Å². The molecule has 0 saturated carbocycles. The summed E-state index contributed by atoms with van der Waals surface area (Å²) in [6, 6.07) is 25.7. The summed E-state index contributed by atoms with van der Waals surface area (Å²) in [4.78, 5) is 1.49. The molecule has 0 spiro atoms. The highest BCUT2D eigenvalue weighted by molar-refractivity contribution is 8.01. The average Bonchev–Trinajstić information content (AvgIpc) is 3.51. The lowest BCUT2D eigenvalue weighted by Crippen LogP contribution is -2.32. The van der Waals surface area contributed by atoms with Gasteiger partial charge in [-0.2, -0.15) is 0 Å². The van der Waals surface area contributed by atoms with Crippen molar-refractivity contribution >= 4 is 39.3 Å². The molecule has 2 aliphatic heterocycles. The van der Waals surface area contributed by atoms with Gasteiger partial charge >= 0.3 is 0 Å². The lowest BCUT2D eigenvalue weighted by Gasteiger charge is -2.23. The number of aromatic nitrogens is 1. The molecule has 2 aliphatic rings. The van der Waals surface area contributed by atoms with Crippen LogP contribution >= 0.6 is 11.8 Å². The molecule has 1 aromatic heterocycles. The monoisotopic (exact) mass is 611 g/mol. The van der Waals surface area contributed by atoms with E-state index in [0.717, 1.165) is 12.8 Å². The Labute approximate surface area is 273 Å². The molecule has 230 valence electrons. The molecule has 0 bridgehead atoms. The molecule has 0 aliphatic carbocycles. The summed E-state index contributed by atoms with van der Waals surface area (Å²) in [6.07, 6.45) is 6.89. The van der Waals surface area contributed by atoms with Crippen LogP contribution in [0.1, 0.15) is 79.5 Å². The SMILES string of the molecule is Cc1cc(C)c(C)c(C2=[N+](C)C=CC3c4cc(-n5c6ccccc6c6cccc(CC(C)C)c65)cc(CC(C)(C)C)c4SC23)c1. The summed E-state index contributed by atoms with van der Waals surface area (Å²) < 4.78 is 4.97. The van der Waals surface area contributed by atoms with Crippen LogP contribution in [-0.2, 0) is 12.8 Å². The minimum atomic E-state index is 0.174. The van der Waals surface area contributed by atoms with Gasteiger partial charge in [0.25, 0.3) is 0 Å². The largest absolute Gasteiger partial charge is 0.309 e. The van der Waals surface area contributed by atoms with E-state index < -0.39 is 0 Å². The average molecular weight is 612 g/mol. The van der Waals surface area contributed by atoms with Crippen molar-refractivity contribution in [1.82, 2.24) is 4.57 Å². The highest BCUT2D eigenvalue weighted by Crippen LogP contribution is 2.52. The molecule has 7 rings (SSSR count). The van der Waals surface area contributed by atoms with Crippen molar-refractivity contribution in [2.75, 3.05) is 7.05 Å². The summed E-state index contributed by atoms with van der Waals surface area (Å²) in [5, 5.41) is 3.04. The first-order valence-corrected chi connectivity index (χ1v) is 17.5. The van der Waals surface area contributed by atoms with Crippen LogP contribution in [-0.4, -0.2) is 27.2 Å². The molecule has 3 heterocycles. The second kappa shape index (κ2) is 11.1. The summed E-state index contributed by atoms with van der Waals surface area (Å²) in [7, 11) is 2.23. The molecule has 2 atom stereocenters. The Balaban J connectivity index is 1.47. The Hall–Kier alpha value is -3.56. The smallest absolute Gasteiger partial charge is 0.203 e. The van der Waals surface area contributed by atoms with Gasteiger partial charge in [0.1, 0.15) is 12.3 Å². The lowest BCUT2D eigenvalue weighted by molar-refractivity contribution is -0.424. The Kier molecular flexibility index (Phi) is 7.40. The first-order valence-electron chi connectivity index (χ1n) is 16.6. The van der Waals surface area contributed by atoms with Crippen molar-refractivity contribution < 1.29 is 4.58 Å². The van der Waals surface area contributed by atoms with Crippen LogP contribution in [0.4, 0.5) is 0 Å². The van der Waals surface area contributed by atoms with E-state index >= 15 is 0 Å². The fourth-order valence-electron chi connectivity index (χ4n) is 7.83. The van der Waals surface area contributed by atoms with Crippen molar-refractivity contribution in [2.45, 2.75) is 84.3 Å². The number of para-hydroxylation sites is 2. The van der Waals surface area contributed by atoms with Crippen LogP contribution in [0.3, 0.4) is 0 Å². The molecular formula is C42H47N2S+. The van der Waals surface area contributed by atoms with Gasteiger partial charge in [-0.05, 0) is 103 Å². The topological polar surface area (TPSA) is 7.94 Å². The van der Waals surface area contributed by atoms with Crippen molar-refractivity contribution in [1.29, 1.82) is 0 Å². The van der Waals surface area contributed by atoms with E-state index in [1.807, 2.05) is 0 Å². The maximum Gasteiger partial charge on any atom is 0.203 e. The molecule has 0 amide bonds. The molecule has 2 unspecified atom stereocenters. The molecule has 0 radical (unpaired) electrons. The number of benzene rings is 4. The third-order valence-electron chi connectivity index (χ3n) is 9.75. The Morgan fingerprint density at radius 3 is 2.40 bits per heavy atom. The number of hydrogen-bond donors (Lipinski definition) is 0. The molecule has 0 N–H and O–H groups in total. The highest BCUT2D eigenvalue weighted by atomic mass is 32.2. The molecule has 0 saturated heterocycles. The second-order valence-electron chi connectivity index (χ2n) is 15.2. The Morgan fingerprint density at radius 1 is 0.889 bits per heavy atom. The number of allylic oxidation sites excluding steroid dienone is 1. The Bertz CT molecular complexity index is 2050. The van der Waals surface area contributed by atoms with Gasteiger partial charge in [-0.25, -0.2) is 4.58 Å².